The van der Waals surface area contributed by atoms with E-state index in [-0.39, 0.29) is 6.61 Å². The molecule has 4 rings (SSSR count). The number of aliphatic hydroxyl groups is 1. The minimum atomic E-state index is -1.28. The highest BCUT2D eigenvalue weighted by Crippen LogP contribution is 2.43. The van der Waals surface area contributed by atoms with Crippen LogP contribution >= 0.6 is 0 Å². The van der Waals surface area contributed by atoms with Crippen LogP contribution in [0.15, 0.2) is 96.0 Å². The Morgan fingerprint density at radius 1 is 1.06 bits per heavy atom. The zero-order valence-electron chi connectivity index (χ0n) is 20.2. The molecule has 3 aromatic carbocycles. The molecule has 0 aromatic heterocycles. The number of benzene rings is 3. The minimum Gasteiger partial charge on any atom is -0.494 e. The second kappa shape index (κ2) is 12.2. The Labute approximate surface area is 211 Å². The van der Waals surface area contributed by atoms with Crippen molar-refractivity contribution in [1.29, 1.82) is 0 Å². The van der Waals surface area contributed by atoms with E-state index in [4.69, 9.17) is 24.4 Å². The van der Waals surface area contributed by atoms with Crippen LogP contribution in [0.3, 0.4) is 0 Å². The lowest BCUT2D eigenvalue weighted by Gasteiger charge is -2.29. The van der Waals surface area contributed by atoms with Crippen molar-refractivity contribution in [3.05, 3.63) is 108 Å². The smallest absolute Gasteiger partial charge is 0.276 e. The maximum atomic E-state index is 13.5. The van der Waals surface area contributed by atoms with Crippen molar-refractivity contribution in [2.45, 2.75) is 24.5 Å². The third-order valence-corrected chi connectivity index (χ3v) is 5.87. The first kappa shape index (κ1) is 25.2. The summed E-state index contributed by atoms with van der Waals surface area (Å²) < 4.78 is 12.0. The zero-order chi connectivity index (χ0) is 25.2. The van der Waals surface area contributed by atoms with Crippen LogP contribution in [0.25, 0.3) is 6.08 Å². The number of hydrogen-bond donors (Lipinski definition) is 2. The molecule has 186 valence electrons. The summed E-state index contributed by atoms with van der Waals surface area (Å²) in [7, 11) is 1.40. The predicted octanol–water partition coefficient (Wildman–Crippen LogP) is 4.49. The number of aliphatic imine (C=N–C) groups is 1. The average molecular weight is 487 g/mol. The second-order valence-corrected chi connectivity index (χ2v) is 8.35. The third-order valence-electron chi connectivity index (χ3n) is 5.87. The summed E-state index contributed by atoms with van der Waals surface area (Å²) in [5, 5.41) is 8.95. The monoisotopic (exact) mass is 486 g/mol. The number of aliphatic hydroxyl groups excluding tert-OH is 1. The number of rotatable bonds is 11. The van der Waals surface area contributed by atoms with Crippen LogP contribution in [0, 0.1) is 0 Å². The maximum absolute atomic E-state index is 13.5. The first-order chi connectivity index (χ1) is 17.7. The number of ether oxygens (including phenoxy) is 2. The van der Waals surface area contributed by atoms with E-state index in [0.717, 1.165) is 16.7 Å². The van der Waals surface area contributed by atoms with Crippen LogP contribution in [0.4, 0.5) is 0 Å². The summed E-state index contributed by atoms with van der Waals surface area (Å²) in [5.41, 5.74) is 3.79. The number of amides is 1. The van der Waals surface area contributed by atoms with Gasteiger partial charge in [0.2, 0.25) is 5.90 Å². The SMILES string of the molecule is CONC(=O)[C@@]1(C/C=C/c2ccccc2)N=C(c2ccc(OCCCO)cc2)O[C@H]1c1ccccc1. The number of carbonyl (C=O) groups excluding carboxylic acids is 1. The van der Waals surface area contributed by atoms with Crippen molar-refractivity contribution in [3.8, 4) is 5.75 Å². The number of hydroxylamine groups is 1. The lowest BCUT2D eigenvalue weighted by molar-refractivity contribution is -0.139. The van der Waals surface area contributed by atoms with E-state index < -0.39 is 17.6 Å². The first-order valence-corrected chi connectivity index (χ1v) is 11.9. The molecule has 0 fully saturated rings. The quantitative estimate of drug-likeness (QED) is 0.308. The van der Waals surface area contributed by atoms with Crippen LogP contribution in [0.1, 0.15) is 35.6 Å². The van der Waals surface area contributed by atoms with Crippen LogP contribution < -0.4 is 10.2 Å². The molecule has 3 aromatic rings. The molecule has 0 spiro atoms. The van der Waals surface area contributed by atoms with E-state index in [9.17, 15) is 4.79 Å². The maximum Gasteiger partial charge on any atom is 0.276 e. The van der Waals surface area contributed by atoms with E-state index in [1.54, 1.807) is 0 Å². The highest BCUT2D eigenvalue weighted by atomic mass is 16.6. The number of nitrogens with zero attached hydrogens (tertiary/aromatic N) is 1. The van der Waals surface area contributed by atoms with Crippen LogP contribution in [-0.4, -0.2) is 42.8 Å². The van der Waals surface area contributed by atoms with Crippen LogP contribution in [0.5, 0.6) is 5.75 Å². The van der Waals surface area contributed by atoms with E-state index in [2.05, 4.69) is 5.48 Å². The lowest BCUT2D eigenvalue weighted by atomic mass is 9.84. The van der Waals surface area contributed by atoms with Gasteiger partial charge in [-0.25, -0.2) is 10.5 Å². The zero-order valence-corrected chi connectivity index (χ0v) is 20.2. The molecule has 1 amide bonds. The van der Waals surface area contributed by atoms with E-state index >= 15 is 0 Å². The Bertz CT molecular complexity index is 1180. The van der Waals surface area contributed by atoms with Gasteiger partial charge in [0.15, 0.2) is 11.6 Å². The molecule has 7 nitrogen and oxygen atoms in total. The molecular weight excluding hydrogens is 456 g/mol. The number of hydrogen-bond acceptors (Lipinski definition) is 6. The molecule has 1 aliphatic rings. The van der Waals surface area contributed by atoms with Crippen molar-refractivity contribution >= 4 is 17.9 Å². The highest BCUT2D eigenvalue weighted by Gasteiger charge is 2.52. The largest absolute Gasteiger partial charge is 0.494 e. The van der Waals surface area contributed by atoms with Crippen LogP contribution in [0.2, 0.25) is 0 Å². The fraction of sp³-hybridized carbons (Fsp3) is 0.241. The molecule has 7 heteroatoms. The Balaban J connectivity index is 1.69. The normalized spacial score (nSPS) is 19.1. The van der Waals surface area contributed by atoms with Gasteiger partial charge in [0.25, 0.3) is 5.91 Å². The molecule has 2 N–H and O–H groups in total. The third kappa shape index (κ3) is 5.82. The molecule has 1 heterocycles. The van der Waals surface area contributed by atoms with Gasteiger partial charge >= 0.3 is 0 Å². The van der Waals surface area contributed by atoms with Gasteiger partial charge in [-0.3, -0.25) is 9.63 Å². The summed E-state index contributed by atoms with van der Waals surface area (Å²) in [4.78, 5) is 23.4. The summed E-state index contributed by atoms with van der Waals surface area (Å²) in [5.74, 6) is 0.653. The van der Waals surface area contributed by atoms with E-state index in [1.165, 1.54) is 7.11 Å². The lowest BCUT2D eigenvalue weighted by Crippen LogP contribution is -2.47. The molecule has 0 radical (unpaired) electrons. The van der Waals surface area contributed by atoms with Crippen LogP contribution in [-0.2, 0) is 14.4 Å². The summed E-state index contributed by atoms with van der Waals surface area (Å²) in [6.45, 7) is 0.505. The Kier molecular flexibility index (Phi) is 8.49. The number of carbonyl (C=O) groups is 1. The van der Waals surface area contributed by atoms with Gasteiger partial charge < -0.3 is 14.6 Å². The fourth-order valence-electron chi connectivity index (χ4n) is 4.06. The van der Waals surface area contributed by atoms with Gasteiger partial charge in [0, 0.05) is 25.0 Å². The van der Waals surface area contributed by atoms with E-state index in [0.29, 0.717) is 31.1 Å². The predicted molar refractivity (Wildman–Crippen MR) is 138 cm³/mol. The molecule has 36 heavy (non-hydrogen) atoms. The summed E-state index contributed by atoms with van der Waals surface area (Å²) in [6, 6.07) is 26.8. The Morgan fingerprint density at radius 3 is 2.42 bits per heavy atom. The fourth-order valence-corrected chi connectivity index (χ4v) is 4.06. The molecule has 0 unspecified atom stereocenters. The highest BCUT2D eigenvalue weighted by molar-refractivity contribution is 6.01. The molecular formula is C29H30N2O5. The van der Waals surface area contributed by atoms with Gasteiger partial charge in [-0.15, -0.1) is 0 Å². The summed E-state index contributed by atoms with van der Waals surface area (Å²) in [6.07, 6.45) is 4.10. The van der Waals surface area contributed by atoms with Crippen molar-refractivity contribution in [1.82, 2.24) is 5.48 Å². The topological polar surface area (TPSA) is 89.4 Å². The van der Waals surface area contributed by atoms with E-state index in [1.807, 2.05) is 97.1 Å². The molecule has 0 saturated heterocycles. The standard InChI is InChI=1S/C29H30N2O5/c1-34-31-28(33)29(19-8-12-22-10-4-2-5-11-22)26(23-13-6-3-7-14-23)36-27(30-29)24-15-17-25(18-16-24)35-21-9-20-32/h2-8,10-18,26,32H,9,19-21H2,1H3,(H,31,33)/b12-8+/t26-,29-/m0/s1. The molecule has 0 aliphatic carbocycles. The first-order valence-electron chi connectivity index (χ1n) is 11.9. The second-order valence-electron chi connectivity index (χ2n) is 8.35. The van der Waals surface area contributed by atoms with Crippen molar-refractivity contribution in [2.75, 3.05) is 20.3 Å². The number of nitrogens with one attached hydrogen (secondary N) is 1. The minimum absolute atomic E-state index is 0.0773. The van der Waals surface area contributed by atoms with Gasteiger partial charge in [-0.1, -0.05) is 72.8 Å². The average Bonchev–Trinajstić information content (AvgIpc) is 3.31. The van der Waals surface area contributed by atoms with Gasteiger partial charge in [0.05, 0.1) is 13.7 Å². The Morgan fingerprint density at radius 2 is 1.75 bits per heavy atom. The van der Waals surface area contributed by atoms with Crippen molar-refractivity contribution < 1.29 is 24.2 Å². The summed E-state index contributed by atoms with van der Waals surface area (Å²) >= 11 is 0. The molecule has 0 bridgehead atoms. The van der Waals surface area contributed by atoms with Gasteiger partial charge in [-0.05, 0) is 35.4 Å². The Hall–Kier alpha value is -3.94. The van der Waals surface area contributed by atoms with Gasteiger partial charge in [-0.2, -0.15) is 0 Å². The molecule has 0 saturated carbocycles. The van der Waals surface area contributed by atoms with Crippen molar-refractivity contribution in [2.24, 2.45) is 4.99 Å². The van der Waals surface area contributed by atoms with Gasteiger partial charge in [0.1, 0.15) is 5.75 Å². The molecule has 1 aliphatic heterocycles. The van der Waals surface area contributed by atoms with Crippen molar-refractivity contribution in [3.63, 3.8) is 0 Å². The molecule has 2 atom stereocenters.